The van der Waals surface area contributed by atoms with E-state index < -0.39 is 5.82 Å². The van der Waals surface area contributed by atoms with Crippen molar-refractivity contribution < 1.29 is 9.18 Å². The molecule has 7 nitrogen and oxygen atoms in total. The second-order valence-electron chi connectivity index (χ2n) is 8.69. The molecule has 174 valence electrons. The lowest BCUT2D eigenvalue weighted by molar-refractivity contribution is -0.126. The summed E-state index contributed by atoms with van der Waals surface area (Å²) in [4.78, 5) is 23.8. The molecule has 1 amide bonds. The van der Waals surface area contributed by atoms with E-state index in [0.717, 1.165) is 18.4 Å². The van der Waals surface area contributed by atoms with Gasteiger partial charge in [0.25, 0.3) is 0 Å². The van der Waals surface area contributed by atoms with Crippen molar-refractivity contribution in [1.29, 1.82) is 5.26 Å². The molecule has 1 aliphatic heterocycles. The lowest BCUT2D eigenvalue weighted by Gasteiger charge is -2.38. The Hall–Kier alpha value is -3.99. The molecule has 3 N–H and O–H groups in total. The average Bonchev–Trinajstić information content (AvgIpc) is 2.84. The monoisotopic (exact) mass is 458 g/mol. The van der Waals surface area contributed by atoms with Gasteiger partial charge in [-0.3, -0.25) is 4.79 Å². The number of nitrogen functional groups attached to an aromatic ring is 1. The summed E-state index contributed by atoms with van der Waals surface area (Å²) in [6, 6.07) is 17.8. The molecule has 4 rings (SSSR count). The Morgan fingerprint density at radius 3 is 2.68 bits per heavy atom. The highest BCUT2D eigenvalue weighted by atomic mass is 19.1. The van der Waals surface area contributed by atoms with Gasteiger partial charge in [0.2, 0.25) is 11.9 Å². The number of piperidine rings is 1. The van der Waals surface area contributed by atoms with Crippen LogP contribution in [0.2, 0.25) is 0 Å². The van der Waals surface area contributed by atoms with Crippen molar-refractivity contribution in [3.63, 3.8) is 0 Å². The first kappa shape index (κ1) is 23.2. The number of amides is 1. The molecule has 3 atom stereocenters. The van der Waals surface area contributed by atoms with Crippen LogP contribution in [-0.2, 0) is 4.79 Å². The average molecular weight is 459 g/mol. The Labute approximate surface area is 198 Å². The molecule has 1 unspecified atom stereocenters. The van der Waals surface area contributed by atoms with Crippen molar-refractivity contribution in [2.45, 2.75) is 38.8 Å². The van der Waals surface area contributed by atoms with Gasteiger partial charge in [-0.05, 0) is 44.4 Å². The van der Waals surface area contributed by atoms with Gasteiger partial charge in [0.05, 0.1) is 23.2 Å². The number of anilines is 2. The number of hydrogen-bond donors (Lipinski definition) is 2. The molecule has 1 saturated heterocycles. The lowest BCUT2D eigenvalue weighted by Crippen LogP contribution is -2.47. The molecule has 1 fully saturated rings. The van der Waals surface area contributed by atoms with E-state index in [0.29, 0.717) is 23.6 Å². The van der Waals surface area contributed by atoms with Gasteiger partial charge in [-0.25, -0.2) is 9.37 Å². The predicted octanol–water partition coefficient (Wildman–Crippen LogP) is 4.22. The normalized spacial score (nSPS) is 18.7. The minimum atomic E-state index is -0.616. The first-order chi connectivity index (χ1) is 16.4. The molecule has 2 heterocycles. The number of benzene rings is 2. The number of nitrogens with zero attached hydrogens (tertiary/aromatic N) is 4. The molecular formula is C26H27FN6O. The van der Waals surface area contributed by atoms with Gasteiger partial charge in [0, 0.05) is 24.2 Å². The minimum absolute atomic E-state index is 0.00432. The number of nitrogens with one attached hydrogen (secondary N) is 1. The predicted molar refractivity (Wildman–Crippen MR) is 129 cm³/mol. The Morgan fingerprint density at radius 1 is 1.21 bits per heavy atom. The van der Waals surface area contributed by atoms with Crippen LogP contribution in [0.15, 0.2) is 54.6 Å². The fraction of sp³-hybridized carbons (Fsp3) is 0.308. The molecule has 1 aromatic heterocycles. The zero-order chi connectivity index (χ0) is 24.2. The zero-order valence-corrected chi connectivity index (χ0v) is 19.2. The maximum atomic E-state index is 14.2. The fourth-order valence-electron chi connectivity index (χ4n) is 4.31. The molecule has 1 aliphatic rings. The van der Waals surface area contributed by atoms with Crippen LogP contribution < -0.4 is 16.0 Å². The summed E-state index contributed by atoms with van der Waals surface area (Å²) < 4.78 is 14.2. The maximum absolute atomic E-state index is 14.2. The summed E-state index contributed by atoms with van der Waals surface area (Å²) in [6.07, 6.45) is 1.60. The second-order valence-corrected chi connectivity index (χ2v) is 8.69. The SMILES string of the molecule is CC(NC(=O)[C@H]1CC[C@@H](C)N(c2cc(-c3ccc(C#N)c(F)c3)nc(N)n2)C1)c1ccccc1. The Bertz CT molecular complexity index is 1230. The Kier molecular flexibility index (Phi) is 6.73. The molecule has 0 saturated carbocycles. The van der Waals surface area contributed by atoms with Crippen molar-refractivity contribution in [1.82, 2.24) is 15.3 Å². The van der Waals surface area contributed by atoms with Crippen LogP contribution >= 0.6 is 0 Å². The Balaban J connectivity index is 1.54. The lowest BCUT2D eigenvalue weighted by atomic mass is 9.92. The molecule has 0 aliphatic carbocycles. The zero-order valence-electron chi connectivity index (χ0n) is 19.2. The quantitative estimate of drug-likeness (QED) is 0.593. The van der Waals surface area contributed by atoms with E-state index >= 15 is 0 Å². The highest BCUT2D eigenvalue weighted by Gasteiger charge is 2.31. The summed E-state index contributed by atoms with van der Waals surface area (Å²) in [5.74, 6) is -0.157. The molecule has 8 heteroatoms. The molecule has 0 bridgehead atoms. The van der Waals surface area contributed by atoms with Crippen LogP contribution in [0.4, 0.5) is 16.2 Å². The number of carbonyl (C=O) groups is 1. The van der Waals surface area contributed by atoms with Crippen LogP contribution in [0.25, 0.3) is 11.3 Å². The van der Waals surface area contributed by atoms with E-state index in [9.17, 15) is 9.18 Å². The summed E-state index contributed by atoms with van der Waals surface area (Å²) >= 11 is 0. The number of aromatic nitrogens is 2. The van der Waals surface area contributed by atoms with E-state index in [2.05, 4.69) is 27.1 Å². The first-order valence-corrected chi connectivity index (χ1v) is 11.3. The van der Waals surface area contributed by atoms with Gasteiger partial charge in [-0.15, -0.1) is 0 Å². The van der Waals surface area contributed by atoms with Crippen molar-refractivity contribution in [2.24, 2.45) is 5.92 Å². The van der Waals surface area contributed by atoms with Crippen molar-refractivity contribution in [3.8, 4) is 17.3 Å². The molecule has 0 spiro atoms. The fourth-order valence-corrected chi connectivity index (χ4v) is 4.31. The highest BCUT2D eigenvalue weighted by molar-refractivity contribution is 5.80. The standard InChI is InChI=1S/C26H27FN6O/c1-16-8-9-21(25(34)30-17(2)18-6-4-3-5-7-18)15-33(16)24-13-23(31-26(29)32-24)19-10-11-20(14-28)22(27)12-19/h3-7,10-13,16-17,21H,8-9,15H2,1-2H3,(H,30,34)(H2,29,31,32)/t16-,17?,21+/m1/s1. The van der Waals surface area contributed by atoms with Crippen LogP contribution in [0.5, 0.6) is 0 Å². The molecule has 2 aromatic carbocycles. The van der Waals surface area contributed by atoms with Gasteiger partial charge in [-0.1, -0.05) is 36.4 Å². The van der Waals surface area contributed by atoms with Gasteiger partial charge < -0.3 is 16.0 Å². The van der Waals surface area contributed by atoms with Gasteiger partial charge >= 0.3 is 0 Å². The molecular weight excluding hydrogens is 431 g/mol. The van der Waals surface area contributed by atoms with E-state index in [-0.39, 0.29) is 35.4 Å². The summed E-state index contributed by atoms with van der Waals surface area (Å²) in [5, 5.41) is 12.1. The third-order valence-corrected chi connectivity index (χ3v) is 6.32. The van der Waals surface area contributed by atoms with Crippen molar-refractivity contribution in [2.75, 3.05) is 17.2 Å². The van der Waals surface area contributed by atoms with E-state index in [1.165, 1.54) is 12.1 Å². The number of halogens is 1. The molecule has 0 radical (unpaired) electrons. The third kappa shape index (κ3) is 4.99. The smallest absolute Gasteiger partial charge is 0.225 e. The van der Waals surface area contributed by atoms with Crippen LogP contribution in [0, 0.1) is 23.1 Å². The number of nitrogens with two attached hydrogens (primary N) is 1. The number of hydrogen-bond acceptors (Lipinski definition) is 6. The summed E-state index contributed by atoms with van der Waals surface area (Å²) in [6.45, 7) is 4.55. The topological polar surface area (TPSA) is 108 Å². The number of nitriles is 1. The van der Waals surface area contributed by atoms with Crippen molar-refractivity contribution in [3.05, 3.63) is 71.5 Å². The summed E-state index contributed by atoms with van der Waals surface area (Å²) in [7, 11) is 0. The molecule has 3 aromatic rings. The van der Waals surface area contributed by atoms with E-state index in [1.54, 1.807) is 12.1 Å². The number of carbonyl (C=O) groups excluding carboxylic acids is 1. The van der Waals surface area contributed by atoms with Crippen molar-refractivity contribution >= 4 is 17.7 Å². The second kappa shape index (κ2) is 9.87. The highest BCUT2D eigenvalue weighted by Crippen LogP contribution is 2.30. The van der Waals surface area contributed by atoms with Crippen LogP contribution in [-0.4, -0.2) is 28.5 Å². The van der Waals surface area contributed by atoms with E-state index in [1.807, 2.05) is 43.3 Å². The molecule has 34 heavy (non-hydrogen) atoms. The van der Waals surface area contributed by atoms with Gasteiger partial charge in [-0.2, -0.15) is 10.2 Å². The van der Waals surface area contributed by atoms with E-state index in [4.69, 9.17) is 11.0 Å². The third-order valence-electron chi connectivity index (χ3n) is 6.32. The van der Waals surface area contributed by atoms with Gasteiger partial charge in [0.1, 0.15) is 17.7 Å². The largest absolute Gasteiger partial charge is 0.368 e. The maximum Gasteiger partial charge on any atom is 0.225 e. The van der Waals surface area contributed by atoms with Gasteiger partial charge in [0.15, 0.2) is 0 Å². The first-order valence-electron chi connectivity index (χ1n) is 11.3. The Morgan fingerprint density at radius 2 is 1.97 bits per heavy atom. The number of rotatable bonds is 5. The van der Waals surface area contributed by atoms with Crippen LogP contribution in [0.3, 0.4) is 0 Å². The minimum Gasteiger partial charge on any atom is -0.368 e. The van der Waals surface area contributed by atoms with Crippen LogP contribution in [0.1, 0.15) is 43.9 Å². The summed E-state index contributed by atoms with van der Waals surface area (Å²) in [5.41, 5.74) is 7.98.